The lowest BCUT2D eigenvalue weighted by Crippen LogP contribution is -2.30. The normalized spacial score (nSPS) is 14.8. The summed E-state index contributed by atoms with van der Waals surface area (Å²) < 4.78 is 68.4. The van der Waals surface area contributed by atoms with E-state index in [1.165, 1.54) is 161 Å². The van der Waals surface area contributed by atoms with Crippen LogP contribution in [-0.2, 0) is 65.4 Å². The molecule has 0 aromatic carbocycles. The average molecular weight is 1350 g/mol. The predicted molar refractivity (Wildman–Crippen MR) is 372 cm³/mol. The molecule has 0 aliphatic rings. The van der Waals surface area contributed by atoms with Crippen molar-refractivity contribution < 1.29 is 80.2 Å². The molecule has 17 nitrogen and oxygen atoms in total. The fourth-order valence-corrected chi connectivity index (χ4v) is 12.5. The zero-order chi connectivity index (χ0) is 68.2. The zero-order valence-corrected chi connectivity index (χ0v) is 62.0. The summed E-state index contributed by atoms with van der Waals surface area (Å²) in [6.07, 6.45) is 45.7. The van der Waals surface area contributed by atoms with Gasteiger partial charge < -0.3 is 33.8 Å². The number of ether oxygens (including phenoxy) is 4. The minimum absolute atomic E-state index is 0.105. The number of carbonyl (C=O) groups is 4. The second-order valence-corrected chi connectivity index (χ2v) is 30.7. The molecule has 0 aromatic rings. The van der Waals surface area contributed by atoms with Crippen LogP contribution in [-0.4, -0.2) is 96.7 Å². The summed E-state index contributed by atoms with van der Waals surface area (Å²) in [7, 11) is -9.91. The second-order valence-electron chi connectivity index (χ2n) is 27.8. The Bertz CT molecular complexity index is 1820. The lowest BCUT2D eigenvalue weighted by atomic mass is 9.99. The van der Waals surface area contributed by atoms with E-state index in [9.17, 15) is 43.2 Å². The summed E-state index contributed by atoms with van der Waals surface area (Å²) in [5.74, 6) is 0.945. The predicted octanol–water partition coefficient (Wildman–Crippen LogP) is 20.9. The molecule has 0 aliphatic heterocycles. The molecule has 92 heavy (non-hydrogen) atoms. The summed E-state index contributed by atoms with van der Waals surface area (Å²) in [5, 5.41) is 10.6. The quantitative estimate of drug-likeness (QED) is 0.0222. The Hall–Kier alpha value is -1.94. The van der Waals surface area contributed by atoms with Crippen LogP contribution in [0.2, 0.25) is 0 Å². The van der Waals surface area contributed by atoms with E-state index in [1.54, 1.807) is 0 Å². The van der Waals surface area contributed by atoms with E-state index < -0.39 is 97.5 Å². The smallest absolute Gasteiger partial charge is 0.462 e. The molecule has 0 heterocycles. The summed E-state index contributed by atoms with van der Waals surface area (Å²) in [6.45, 7) is 14.2. The highest BCUT2D eigenvalue weighted by Crippen LogP contribution is 2.45. The average Bonchev–Trinajstić information content (AvgIpc) is 2.84. The number of carbonyl (C=O) groups excluding carboxylic acids is 4. The highest BCUT2D eigenvalue weighted by atomic mass is 31.2. The molecule has 0 rings (SSSR count). The maximum Gasteiger partial charge on any atom is 0.472 e. The van der Waals surface area contributed by atoms with Crippen LogP contribution < -0.4 is 0 Å². The van der Waals surface area contributed by atoms with E-state index in [1.807, 2.05) is 0 Å². The SMILES string of the molecule is CCC(C)CCCCCCCCCCCCC(=O)O[C@H](COC(=O)CCCCCCCCC(C)CC)COP(=O)(O)OC[C@H](O)COP(=O)(O)OC[C@@H](COC(=O)CCCCCCCCCCCCCC(C)C)OC(=O)CCCCCCCCCCCCCC(C)C. The number of hydrogen-bond donors (Lipinski definition) is 3. The van der Waals surface area contributed by atoms with Gasteiger partial charge in [0.15, 0.2) is 12.2 Å². The van der Waals surface area contributed by atoms with Gasteiger partial charge in [-0.15, -0.1) is 0 Å². The molecule has 19 heteroatoms. The van der Waals surface area contributed by atoms with Gasteiger partial charge in [0.2, 0.25) is 0 Å². The molecular formula is C73H142O17P2. The second kappa shape index (κ2) is 62.6. The van der Waals surface area contributed by atoms with Crippen LogP contribution >= 0.6 is 15.6 Å². The molecule has 0 fully saturated rings. The highest BCUT2D eigenvalue weighted by Gasteiger charge is 2.30. The number of aliphatic hydroxyl groups excluding tert-OH is 1. The van der Waals surface area contributed by atoms with Gasteiger partial charge in [-0.2, -0.15) is 0 Å². The van der Waals surface area contributed by atoms with E-state index in [0.717, 1.165) is 120 Å². The number of rotatable bonds is 70. The summed E-state index contributed by atoms with van der Waals surface area (Å²) in [5.41, 5.74) is 0. The van der Waals surface area contributed by atoms with Gasteiger partial charge in [0.05, 0.1) is 26.4 Å². The van der Waals surface area contributed by atoms with Gasteiger partial charge in [0, 0.05) is 25.7 Å². The van der Waals surface area contributed by atoms with Gasteiger partial charge in [0.1, 0.15) is 19.3 Å². The highest BCUT2D eigenvalue weighted by molar-refractivity contribution is 7.47. The molecule has 0 amide bonds. The van der Waals surface area contributed by atoms with Gasteiger partial charge in [-0.25, -0.2) is 9.13 Å². The van der Waals surface area contributed by atoms with Crippen LogP contribution in [0.25, 0.3) is 0 Å². The largest absolute Gasteiger partial charge is 0.472 e. The van der Waals surface area contributed by atoms with Crippen LogP contribution in [0.4, 0.5) is 0 Å². The first-order chi connectivity index (χ1) is 44.2. The lowest BCUT2D eigenvalue weighted by Gasteiger charge is -2.21. The Balaban J connectivity index is 5.27. The molecule has 0 saturated carbocycles. The van der Waals surface area contributed by atoms with Crippen molar-refractivity contribution in [2.75, 3.05) is 39.6 Å². The summed E-state index contributed by atoms with van der Waals surface area (Å²) in [6, 6.07) is 0. The molecular weight excluding hydrogens is 1210 g/mol. The molecule has 4 unspecified atom stereocenters. The number of phosphoric acid groups is 2. The fourth-order valence-electron chi connectivity index (χ4n) is 11.0. The van der Waals surface area contributed by atoms with Crippen molar-refractivity contribution in [3.8, 4) is 0 Å². The van der Waals surface area contributed by atoms with Crippen molar-refractivity contribution in [1.29, 1.82) is 0 Å². The van der Waals surface area contributed by atoms with Crippen LogP contribution in [0, 0.1) is 23.7 Å². The van der Waals surface area contributed by atoms with E-state index in [-0.39, 0.29) is 25.7 Å². The van der Waals surface area contributed by atoms with Crippen molar-refractivity contribution >= 4 is 39.5 Å². The molecule has 7 atom stereocenters. The van der Waals surface area contributed by atoms with Gasteiger partial charge >= 0.3 is 39.5 Å². The summed E-state index contributed by atoms with van der Waals surface area (Å²) >= 11 is 0. The van der Waals surface area contributed by atoms with Crippen molar-refractivity contribution in [1.82, 2.24) is 0 Å². The Labute approximate surface area is 562 Å². The van der Waals surface area contributed by atoms with E-state index >= 15 is 0 Å². The molecule has 546 valence electrons. The van der Waals surface area contributed by atoms with E-state index in [0.29, 0.717) is 25.7 Å². The maximum absolute atomic E-state index is 13.1. The van der Waals surface area contributed by atoms with Gasteiger partial charge in [-0.1, -0.05) is 312 Å². The Morgan fingerprint density at radius 1 is 0.304 bits per heavy atom. The molecule has 0 bridgehead atoms. The topological polar surface area (TPSA) is 237 Å². The van der Waals surface area contributed by atoms with Crippen LogP contribution in [0.3, 0.4) is 0 Å². The molecule has 0 aromatic heterocycles. The van der Waals surface area contributed by atoms with Crippen molar-refractivity contribution in [2.24, 2.45) is 23.7 Å². The van der Waals surface area contributed by atoms with E-state index in [2.05, 4.69) is 55.4 Å². The maximum atomic E-state index is 13.1. The Kier molecular flexibility index (Phi) is 61.3. The Morgan fingerprint density at radius 2 is 0.522 bits per heavy atom. The summed E-state index contributed by atoms with van der Waals surface area (Å²) in [4.78, 5) is 72.7. The minimum atomic E-state index is -4.96. The molecule has 0 aliphatic carbocycles. The first kappa shape index (κ1) is 90.1. The van der Waals surface area contributed by atoms with Gasteiger partial charge in [-0.05, 0) is 49.4 Å². The minimum Gasteiger partial charge on any atom is -0.462 e. The van der Waals surface area contributed by atoms with Gasteiger partial charge in [0.25, 0.3) is 0 Å². The number of aliphatic hydroxyl groups is 1. The molecule has 3 N–H and O–H groups in total. The number of phosphoric ester groups is 2. The van der Waals surface area contributed by atoms with Crippen molar-refractivity contribution in [2.45, 2.75) is 382 Å². The first-order valence-electron chi connectivity index (χ1n) is 37.8. The van der Waals surface area contributed by atoms with Crippen molar-refractivity contribution in [3.05, 3.63) is 0 Å². The van der Waals surface area contributed by atoms with Gasteiger partial charge in [-0.3, -0.25) is 37.3 Å². The number of hydrogen-bond acceptors (Lipinski definition) is 15. The fraction of sp³-hybridized carbons (Fsp3) is 0.945. The molecule has 0 spiro atoms. The zero-order valence-electron chi connectivity index (χ0n) is 60.2. The van der Waals surface area contributed by atoms with E-state index in [4.69, 9.17) is 37.0 Å². The number of unbranched alkanes of at least 4 members (excludes halogenated alkanes) is 34. The van der Waals surface area contributed by atoms with Crippen LogP contribution in [0.5, 0.6) is 0 Å². The monoisotopic (exact) mass is 1350 g/mol. The lowest BCUT2D eigenvalue weighted by molar-refractivity contribution is -0.161. The van der Waals surface area contributed by atoms with Crippen LogP contribution in [0.1, 0.15) is 364 Å². The molecule has 0 saturated heterocycles. The number of esters is 4. The van der Waals surface area contributed by atoms with Crippen molar-refractivity contribution in [3.63, 3.8) is 0 Å². The third-order valence-corrected chi connectivity index (χ3v) is 19.4. The molecule has 0 radical (unpaired) electrons. The third-order valence-electron chi connectivity index (χ3n) is 17.5. The standard InChI is InChI=1S/C73H142O17P2/c1-9-65(7)51-43-35-27-21-17-18-24-30-40-48-56-73(78)90-69(60-84-71(76)54-46-38-32-31-36-44-52-66(8)10-2)62-88-92(81,82)86-58-67(74)57-85-91(79,80)87-61-68(89-72(77)55-47-39-29-23-16-12-14-20-26-34-42-50-64(5)6)59-83-70(75)53-45-37-28-22-15-11-13-19-25-33-41-49-63(3)4/h63-69,74H,9-62H2,1-8H3,(H,79,80)(H,81,82)/t65?,66?,67-,68-,69-/m1/s1. The van der Waals surface area contributed by atoms with Crippen LogP contribution in [0.15, 0.2) is 0 Å². The Morgan fingerprint density at radius 3 is 0.772 bits per heavy atom. The third kappa shape index (κ3) is 64.1. The first-order valence-corrected chi connectivity index (χ1v) is 40.8.